The Hall–Kier alpha value is -2.89. The van der Waals surface area contributed by atoms with Crippen LogP contribution in [0.15, 0.2) is 30.3 Å². The van der Waals surface area contributed by atoms with Crippen LogP contribution < -0.4 is 5.32 Å². The number of H-pyrrole nitrogens is 1. The highest BCUT2D eigenvalue weighted by atomic mass is 16.5. The molecule has 0 bridgehead atoms. The standard InChI is InChI=1S/C17H18N4O2/c1-4-23-17(22)12-5-7-13(8-6-12)21-16-14-9-10(2)18-15(14)19-11(3)20-16/h5-9H,4H2,1-3H3,(H2,18,19,20,21). The van der Waals surface area contributed by atoms with Crippen LogP contribution in [0.4, 0.5) is 11.5 Å². The zero-order valence-corrected chi connectivity index (χ0v) is 13.3. The average Bonchev–Trinajstić information content (AvgIpc) is 2.88. The Kier molecular flexibility index (Phi) is 3.97. The van der Waals surface area contributed by atoms with Crippen LogP contribution in [-0.4, -0.2) is 27.5 Å². The van der Waals surface area contributed by atoms with E-state index in [4.69, 9.17) is 4.74 Å². The van der Waals surface area contributed by atoms with E-state index in [0.29, 0.717) is 18.0 Å². The number of hydrogen-bond donors (Lipinski definition) is 2. The van der Waals surface area contributed by atoms with Crippen LogP contribution in [0.3, 0.4) is 0 Å². The number of carbonyl (C=O) groups is 1. The van der Waals surface area contributed by atoms with Gasteiger partial charge in [-0.3, -0.25) is 0 Å². The van der Waals surface area contributed by atoms with Crippen molar-refractivity contribution in [2.75, 3.05) is 11.9 Å². The molecule has 0 aliphatic rings. The van der Waals surface area contributed by atoms with Gasteiger partial charge in [0, 0.05) is 11.4 Å². The number of nitrogens with one attached hydrogen (secondary N) is 2. The van der Waals surface area contributed by atoms with Crippen molar-refractivity contribution in [3.63, 3.8) is 0 Å². The minimum atomic E-state index is -0.319. The second kappa shape index (κ2) is 6.08. The minimum absolute atomic E-state index is 0.319. The average molecular weight is 310 g/mol. The van der Waals surface area contributed by atoms with Crippen molar-refractivity contribution in [3.05, 3.63) is 47.4 Å². The highest BCUT2D eigenvalue weighted by Crippen LogP contribution is 2.24. The number of esters is 1. The zero-order chi connectivity index (χ0) is 16.4. The lowest BCUT2D eigenvalue weighted by Gasteiger charge is -2.08. The third-order valence-electron chi connectivity index (χ3n) is 3.39. The molecular formula is C17H18N4O2. The summed E-state index contributed by atoms with van der Waals surface area (Å²) in [7, 11) is 0. The van der Waals surface area contributed by atoms with Crippen molar-refractivity contribution in [3.8, 4) is 0 Å². The summed E-state index contributed by atoms with van der Waals surface area (Å²) in [4.78, 5) is 23.7. The molecule has 0 aliphatic heterocycles. The lowest BCUT2D eigenvalue weighted by Crippen LogP contribution is -2.04. The Bertz CT molecular complexity index is 853. The molecule has 3 rings (SSSR count). The van der Waals surface area contributed by atoms with Gasteiger partial charge in [-0.1, -0.05) is 0 Å². The molecule has 0 spiro atoms. The normalized spacial score (nSPS) is 10.7. The molecule has 0 atom stereocenters. The predicted molar refractivity (Wildman–Crippen MR) is 89.0 cm³/mol. The van der Waals surface area contributed by atoms with Gasteiger partial charge in [-0.05, 0) is 51.1 Å². The minimum Gasteiger partial charge on any atom is -0.462 e. The van der Waals surface area contributed by atoms with Gasteiger partial charge in [0.15, 0.2) is 0 Å². The van der Waals surface area contributed by atoms with E-state index in [2.05, 4.69) is 20.3 Å². The number of carbonyl (C=O) groups excluding carboxylic acids is 1. The molecule has 118 valence electrons. The van der Waals surface area contributed by atoms with Crippen LogP contribution >= 0.6 is 0 Å². The fourth-order valence-corrected chi connectivity index (χ4v) is 2.39. The summed E-state index contributed by atoms with van der Waals surface area (Å²) < 4.78 is 4.98. The van der Waals surface area contributed by atoms with Gasteiger partial charge in [-0.2, -0.15) is 0 Å². The van der Waals surface area contributed by atoms with Crippen molar-refractivity contribution >= 4 is 28.5 Å². The van der Waals surface area contributed by atoms with Crippen LogP contribution in [-0.2, 0) is 4.74 Å². The molecule has 2 heterocycles. The number of aromatic nitrogens is 3. The van der Waals surface area contributed by atoms with Gasteiger partial charge in [-0.15, -0.1) is 0 Å². The molecule has 6 nitrogen and oxygen atoms in total. The number of hydrogen-bond acceptors (Lipinski definition) is 5. The van der Waals surface area contributed by atoms with Crippen molar-refractivity contribution in [1.29, 1.82) is 0 Å². The lowest BCUT2D eigenvalue weighted by atomic mass is 10.2. The molecular weight excluding hydrogens is 292 g/mol. The number of fused-ring (bicyclic) bond motifs is 1. The van der Waals surface area contributed by atoms with Gasteiger partial charge in [0.1, 0.15) is 17.3 Å². The molecule has 0 fully saturated rings. The van der Waals surface area contributed by atoms with Crippen molar-refractivity contribution in [2.24, 2.45) is 0 Å². The summed E-state index contributed by atoms with van der Waals surface area (Å²) in [6.07, 6.45) is 0. The first kappa shape index (κ1) is 15.0. The second-order valence-electron chi connectivity index (χ2n) is 5.26. The summed E-state index contributed by atoms with van der Waals surface area (Å²) in [5.41, 5.74) is 3.21. The lowest BCUT2D eigenvalue weighted by molar-refractivity contribution is 0.0526. The maximum absolute atomic E-state index is 11.7. The molecule has 6 heteroatoms. The van der Waals surface area contributed by atoms with E-state index in [-0.39, 0.29) is 5.97 Å². The molecule has 0 amide bonds. The topological polar surface area (TPSA) is 79.9 Å². The van der Waals surface area contributed by atoms with Crippen molar-refractivity contribution in [1.82, 2.24) is 15.0 Å². The zero-order valence-electron chi connectivity index (χ0n) is 13.3. The van der Waals surface area contributed by atoms with Gasteiger partial charge < -0.3 is 15.0 Å². The molecule has 3 aromatic rings. The first-order valence-electron chi connectivity index (χ1n) is 7.45. The molecule has 0 saturated heterocycles. The molecule has 0 aliphatic carbocycles. The van der Waals surface area contributed by atoms with E-state index in [1.54, 1.807) is 19.1 Å². The summed E-state index contributed by atoms with van der Waals surface area (Å²) in [6, 6.07) is 9.12. The van der Waals surface area contributed by atoms with Crippen LogP contribution in [0.5, 0.6) is 0 Å². The maximum atomic E-state index is 11.7. The molecule has 1 aromatic carbocycles. The number of anilines is 2. The Morgan fingerprint density at radius 3 is 2.65 bits per heavy atom. The SMILES string of the molecule is CCOC(=O)c1ccc(Nc2nc(C)nc3[nH]c(C)cc23)cc1. The first-order chi connectivity index (χ1) is 11.1. The Labute approximate surface area is 133 Å². The van der Waals surface area contributed by atoms with E-state index < -0.39 is 0 Å². The summed E-state index contributed by atoms with van der Waals surface area (Å²) in [6.45, 7) is 5.98. The summed E-state index contributed by atoms with van der Waals surface area (Å²) >= 11 is 0. The number of benzene rings is 1. The third-order valence-corrected chi connectivity index (χ3v) is 3.39. The number of rotatable bonds is 4. The first-order valence-corrected chi connectivity index (χ1v) is 7.45. The van der Waals surface area contributed by atoms with E-state index >= 15 is 0 Å². The summed E-state index contributed by atoms with van der Waals surface area (Å²) in [5, 5.41) is 4.21. The van der Waals surface area contributed by atoms with Gasteiger partial charge in [0.2, 0.25) is 0 Å². The van der Waals surface area contributed by atoms with Crippen molar-refractivity contribution in [2.45, 2.75) is 20.8 Å². The molecule has 0 unspecified atom stereocenters. The molecule has 0 radical (unpaired) electrons. The number of aromatic amines is 1. The van der Waals surface area contributed by atoms with E-state index in [0.717, 1.165) is 28.2 Å². The quantitative estimate of drug-likeness (QED) is 0.721. The Morgan fingerprint density at radius 2 is 1.96 bits per heavy atom. The van der Waals surface area contributed by atoms with Crippen LogP contribution in [0.1, 0.15) is 28.8 Å². The molecule has 23 heavy (non-hydrogen) atoms. The Balaban J connectivity index is 1.89. The van der Waals surface area contributed by atoms with E-state index in [9.17, 15) is 4.79 Å². The largest absolute Gasteiger partial charge is 0.462 e. The monoisotopic (exact) mass is 310 g/mol. The fraction of sp³-hybridized carbons (Fsp3) is 0.235. The molecule has 2 N–H and O–H groups in total. The maximum Gasteiger partial charge on any atom is 0.338 e. The highest BCUT2D eigenvalue weighted by molar-refractivity contribution is 5.91. The van der Waals surface area contributed by atoms with Crippen LogP contribution in [0.2, 0.25) is 0 Å². The van der Waals surface area contributed by atoms with Crippen LogP contribution in [0.25, 0.3) is 11.0 Å². The summed E-state index contributed by atoms with van der Waals surface area (Å²) in [5.74, 6) is 1.10. The Morgan fingerprint density at radius 1 is 1.22 bits per heavy atom. The second-order valence-corrected chi connectivity index (χ2v) is 5.26. The van der Waals surface area contributed by atoms with E-state index in [1.165, 1.54) is 0 Å². The van der Waals surface area contributed by atoms with Crippen LogP contribution in [0, 0.1) is 13.8 Å². The van der Waals surface area contributed by atoms with Gasteiger partial charge >= 0.3 is 5.97 Å². The van der Waals surface area contributed by atoms with E-state index in [1.807, 2.05) is 32.0 Å². The molecule has 0 saturated carbocycles. The predicted octanol–water partition coefficient (Wildman–Crippen LogP) is 3.50. The number of aryl methyl sites for hydroxylation is 2. The van der Waals surface area contributed by atoms with Gasteiger partial charge in [0.25, 0.3) is 0 Å². The fourth-order valence-electron chi connectivity index (χ4n) is 2.39. The third kappa shape index (κ3) is 3.15. The highest BCUT2D eigenvalue weighted by Gasteiger charge is 2.10. The number of nitrogens with zero attached hydrogens (tertiary/aromatic N) is 2. The molecule has 2 aromatic heterocycles. The smallest absolute Gasteiger partial charge is 0.338 e. The van der Waals surface area contributed by atoms with Gasteiger partial charge in [0.05, 0.1) is 17.6 Å². The van der Waals surface area contributed by atoms with Crippen molar-refractivity contribution < 1.29 is 9.53 Å². The van der Waals surface area contributed by atoms with Gasteiger partial charge in [-0.25, -0.2) is 14.8 Å². The number of ether oxygens (including phenoxy) is 1.